The summed E-state index contributed by atoms with van der Waals surface area (Å²) in [7, 11) is 1.58. The maximum atomic E-state index is 13.7. The van der Waals surface area contributed by atoms with Crippen LogP contribution in [0.3, 0.4) is 0 Å². The normalized spacial score (nSPS) is 15.6. The minimum absolute atomic E-state index is 0.0554. The van der Waals surface area contributed by atoms with Gasteiger partial charge in [-0.2, -0.15) is 5.10 Å². The largest absolute Gasteiger partial charge is 0.497 e. The van der Waals surface area contributed by atoms with Crippen molar-refractivity contribution >= 4 is 39.1 Å². The van der Waals surface area contributed by atoms with Gasteiger partial charge in [-0.25, -0.2) is 9.67 Å². The second kappa shape index (κ2) is 11.3. The monoisotopic (exact) mass is 607 g/mol. The molecule has 202 valence electrons. The van der Waals surface area contributed by atoms with E-state index in [1.165, 1.54) is 11.3 Å². The van der Waals surface area contributed by atoms with Gasteiger partial charge in [-0.15, -0.1) is 11.3 Å². The second-order valence-corrected chi connectivity index (χ2v) is 11.6. The Morgan fingerprint density at radius 3 is 2.56 bits per heavy atom. The highest BCUT2D eigenvalue weighted by Gasteiger charge is 2.33. The van der Waals surface area contributed by atoms with E-state index in [-0.39, 0.29) is 23.8 Å². The summed E-state index contributed by atoms with van der Waals surface area (Å²) >= 11 is 4.97. The van der Waals surface area contributed by atoms with Crippen LogP contribution in [0.1, 0.15) is 53.1 Å². The van der Waals surface area contributed by atoms with Crippen molar-refractivity contribution in [2.45, 2.75) is 32.7 Å². The SMILES string of the molecule is COc1cccc(C(=O)N2CCN(C(=O)c3cnn(-c4nc(-c5ccc(Br)cc5)cs4)c3C(C)C)CC2C)c1. The fourth-order valence-corrected chi connectivity index (χ4v) is 5.95. The zero-order valence-corrected chi connectivity index (χ0v) is 24.7. The Hall–Kier alpha value is -3.50. The molecule has 0 bridgehead atoms. The molecule has 1 unspecified atom stereocenters. The molecule has 3 heterocycles. The highest BCUT2D eigenvalue weighted by atomic mass is 79.9. The number of benzene rings is 2. The molecule has 2 aromatic heterocycles. The number of carbonyl (C=O) groups is 2. The molecule has 0 radical (unpaired) electrons. The molecular weight excluding hydrogens is 578 g/mol. The summed E-state index contributed by atoms with van der Waals surface area (Å²) in [5.41, 5.74) is 3.87. The van der Waals surface area contributed by atoms with Crippen LogP contribution in [-0.4, -0.2) is 69.2 Å². The molecule has 10 heteroatoms. The average molecular weight is 609 g/mol. The first-order valence-corrected chi connectivity index (χ1v) is 14.5. The van der Waals surface area contributed by atoms with Gasteiger partial charge in [0, 0.05) is 46.7 Å². The molecule has 8 nitrogen and oxygen atoms in total. The number of hydrogen-bond donors (Lipinski definition) is 0. The lowest BCUT2D eigenvalue weighted by Crippen LogP contribution is -2.55. The van der Waals surface area contributed by atoms with Gasteiger partial charge >= 0.3 is 0 Å². The van der Waals surface area contributed by atoms with Crippen molar-refractivity contribution < 1.29 is 14.3 Å². The third kappa shape index (κ3) is 5.49. The summed E-state index contributed by atoms with van der Waals surface area (Å²) < 4.78 is 8.07. The number of rotatable bonds is 6. The number of ether oxygens (including phenoxy) is 1. The molecule has 39 heavy (non-hydrogen) atoms. The lowest BCUT2D eigenvalue weighted by Gasteiger charge is -2.40. The number of halogens is 1. The van der Waals surface area contributed by atoms with Crippen LogP contribution in [0.4, 0.5) is 0 Å². The summed E-state index contributed by atoms with van der Waals surface area (Å²) in [6.07, 6.45) is 1.65. The number of amides is 2. The van der Waals surface area contributed by atoms with Gasteiger partial charge in [0.05, 0.1) is 30.3 Å². The van der Waals surface area contributed by atoms with Crippen molar-refractivity contribution in [2.24, 2.45) is 0 Å². The van der Waals surface area contributed by atoms with Crippen molar-refractivity contribution in [1.29, 1.82) is 0 Å². The molecule has 2 aromatic carbocycles. The summed E-state index contributed by atoms with van der Waals surface area (Å²) in [5, 5.41) is 7.32. The maximum absolute atomic E-state index is 13.7. The summed E-state index contributed by atoms with van der Waals surface area (Å²) in [6.45, 7) is 7.44. The Kier molecular flexibility index (Phi) is 7.86. The van der Waals surface area contributed by atoms with E-state index in [2.05, 4.69) is 34.9 Å². The van der Waals surface area contributed by atoms with Crippen LogP contribution in [0.25, 0.3) is 16.4 Å². The first-order valence-electron chi connectivity index (χ1n) is 12.8. The molecule has 1 aliphatic heterocycles. The Labute approximate surface area is 240 Å². The van der Waals surface area contributed by atoms with Crippen LogP contribution in [0.2, 0.25) is 0 Å². The van der Waals surface area contributed by atoms with Gasteiger partial charge in [0.1, 0.15) is 5.75 Å². The van der Waals surface area contributed by atoms with E-state index in [1.54, 1.807) is 30.1 Å². The molecule has 4 aromatic rings. The van der Waals surface area contributed by atoms with E-state index in [9.17, 15) is 9.59 Å². The number of thiazole rings is 1. The van der Waals surface area contributed by atoms with E-state index < -0.39 is 0 Å². The molecule has 1 aliphatic rings. The van der Waals surface area contributed by atoms with Crippen LogP contribution in [0, 0.1) is 0 Å². The van der Waals surface area contributed by atoms with E-state index in [0.717, 1.165) is 26.6 Å². The smallest absolute Gasteiger partial charge is 0.257 e. The molecule has 0 saturated carbocycles. The fourth-order valence-electron chi connectivity index (χ4n) is 4.88. The number of carbonyl (C=O) groups excluding carboxylic acids is 2. The van der Waals surface area contributed by atoms with Gasteiger partial charge in [0.15, 0.2) is 0 Å². The van der Waals surface area contributed by atoms with E-state index >= 15 is 0 Å². The van der Waals surface area contributed by atoms with E-state index in [0.29, 0.717) is 36.5 Å². The van der Waals surface area contributed by atoms with Crippen molar-refractivity contribution in [2.75, 3.05) is 26.7 Å². The topological polar surface area (TPSA) is 80.6 Å². The number of methoxy groups -OCH3 is 1. The summed E-state index contributed by atoms with van der Waals surface area (Å²) in [6, 6.07) is 15.0. The van der Waals surface area contributed by atoms with Crippen LogP contribution in [0.5, 0.6) is 5.75 Å². The highest BCUT2D eigenvalue weighted by Crippen LogP contribution is 2.30. The number of hydrogen-bond acceptors (Lipinski definition) is 6. The van der Waals surface area contributed by atoms with Crippen LogP contribution in [0.15, 0.2) is 64.6 Å². The second-order valence-electron chi connectivity index (χ2n) is 9.86. The lowest BCUT2D eigenvalue weighted by molar-refractivity contribution is 0.0413. The molecule has 2 amide bonds. The van der Waals surface area contributed by atoms with Crippen molar-refractivity contribution in [3.8, 4) is 22.1 Å². The van der Waals surface area contributed by atoms with Crippen molar-refractivity contribution in [3.05, 3.63) is 81.4 Å². The molecule has 1 saturated heterocycles. The number of piperazine rings is 1. The van der Waals surface area contributed by atoms with Gasteiger partial charge < -0.3 is 14.5 Å². The van der Waals surface area contributed by atoms with Crippen LogP contribution < -0.4 is 4.74 Å². The highest BCUT2D eigenvalue weighted by molar-refractivity contribution is 9.10. The first kappa shape index (κ1) is 27.1. The lowest BCUT2D eigenvalue weighted by atomic mass is 10.0. The maximum Gasteiger partial charge on any atom is 0.257 e. The zero-order valence-electron chi connectivity index (χ0n) is 22.3. The van der Waals surface area contributed by atoms with Gasteiger partial charge in [0.2, 0.25) is 5.13 Å². The summed E-state index contributed by atoms with van der Waals surface area (Å²) in [5.74, 6) is 0.564. The molecular formula is C29H30BrN5O3S. The van der Waals surface area contributed by atoms with Crippen LogP contribution in [-0.2, 0) is 0 Å². The molecule has 1 atom stereocenters. The third-order valence-electron chi connectivity index (χ3n) is 6.89. The quantitative estimate of drug-likeness (QED) is 0.273. The first-order chi connectivity index (χ1) is 18.8. The molecule has 0 N–H and O–H groups in total. The van der Waals surface area contributed by atoms with Gasteiger partial charge in [-0.3, -0.25) is 9.59 Å². The molecule has 0 spiro atoms. The van der Waals surface area contributed by atoms with Gasteiger partial charge in [0.25, 0.3) is 11.8 Å². The van der Waals surface area contributed by atoms with Gasteiger partial charge in [-0.05, 0) is 43.2 Å². The van der Waals surface area contributed by atoms with E-state index in [1.807, 2.05) is 58.5 Å². The predicted molar refractivity (Wildman–Crippen MR) is 156 cm³/mol. The Morgan fingerprint density at radius 1 is 1.10 bits per heavy atom. The molecule has 0 aliphatic carbocycles. The predicted octanol–water partition coefficient (Wildman–Crippen LogP) is 5.88. The Morgan fingerprint density at radius 2 is 1.87 bits per heavy atom. The third-order valence-corrected chi connectivity index (χ3v) is 8.23. The Bertz CT molecular complexity index is 1500. The number of aromatic nitrogens is 3. The standard InChI is InChI=1S/C29H30BrN5O3S/c1-18(2)26-24(15-31-35(26)29-32-25(17-39-29)20-8-10-22(30)11-9-20)28(37)33-12-13-34(19(3)16-33)27(36)21-6-5-7-23(14-21)38-4/h5-11,14-15,17-19H,12-13,16H2,1-4H3. The van der Waals surface area contributed by atoms with E-state index in [4.69, 9.17) is 9.72 Å². The number of nitrogens with zero attached hydrogens (tertiary/aromatic N) is 5. The van der Waals surface area contributed by atoms with Gasteiger partial charge in [-0.1, -0.05) is 48.0 Å². The zero-order chi connectivity index (χ0) is 27.7. The Balaban J connectivity index is 1.34. The minimum atomic E-state index is -0.133. The molecule has 1 fully saturated rings. The average Bonchev–Trinajstić information content (AvgIpc) is 3.60. The minimum Gasteiger partial charge on any atom is -0.497 e. The fraction of sp³-hybridized carbons (Fsp3) is 0.310. The van der Waals surface area contributed by atoms with Crippen molar-refractivity contribution in [1.82, 2.24) is 24.6 Å². The van der Waals surface area contributed by atoms with Crippen molar-refractivity contribution in [3.63, 3.8) is 0 Å². The summed E-state index contributed by atoms with van der Waals surface area (Å²) in [4.78, 5) is 35.4. The molecule has 5 rings (SSSR count). The van der Waals surface area contributed by atoms with Crippen LogP contribution >= 0.6 is 27.3 Å².